The summed E-state index contributed by atoms with van der Waals surface area (Å²) in [4.78, 5) is 24.4. The van der Waals surface area contributed by atoms with Crippen LogP contribution < -0.4 is 19.6 Å². The van der Waals surface area contributed by atoms with E-state index >= 15 is 0 Å². The van der Waals surface area contributed by atoms with Gasteiger partial charge in [0.15, 0.2) is 22.5 Å². The van der Waals surface area contributed by atoms with Crippen LogP contribution in [0.25, 0.3) is 22.3 Å². The molecule has 3 rings (SSSR count). The molecular weight excluding hydrogens is 352 g/mol. The number of rotatable bonds is 5. The fraction of sp³-hybridized carbons (Fsp3) is 0.200. The number of fused-ring (bicyclic) bond motifs is 1. The van der Waals surface area contributed by atoms with Crippen molar-refractivity contribution in [2.45, 2.75) is 6.92 Å². The minimum absolute atomic E-state index is 0.00689. The number of hydrogen-bond acceptors (Lipinski definition) is 6. The maximum absolute atomic E-state index is 12.8. The second-order valence-electron chi connectivity index (χ2n) is 5.75. The third kappa shape index (κ3) is 2.87. The van der Waals surface area contributed by atoms with Crippen LogP contribution in [0.4, 0.5) is 0 Å². The molecular formula is C20H18O7. The molecule has 0 aliphatic rings. The molecule has 0 saturated carbocycles. The van der Waals surface area contributed by atoms with Crippen molar-refractivity contribution in [1.29, 1.82) is 0 Å². The van der Waals surface area contributed by atoms with Gasteiger partial charge in [-0.3, -0.25) is 4.79 Å². The Hall–Kier alpha value is -3.48. The number of aromatic carboxylic acids is 1. The summed E-state index contributed by atoms with van der Waals surface area (Å²) in [5.74, 6) is 0.128. The number of carboxylic acid groups (broad SMARTS) is 1. The molecule has 1 N–H and O–H groups in total. The zero-order valence-corrected chi connectivity index (χ0v) is 15.3. The van der Waals surface area contributed by atoms with E-state index in [1.165, 1.54) is 39.5 Å². The Balaban J connectivity index is 2.42. The Labute approximate surface area is 154 Å². The highest BCUT2D eigenvalue weighted by atomic mass is 16.5. The summed E-state index contributed by atoms with van der Waals surface area (Å²) in [6, 6.07) is 7.76. The zero-order valence-electron chi connectivity index (χ0n) is 15.3. The van der Waals surface area contributed by atoms with Crippen molar-refractivity contribution in [3.63, 3.8) is 0 Å². The molecule has 0 amide bonds. The van der Waals surface area contributed by atoms with E-state index in [4.69, 9.17) is 18.6 Å². The third-order valence-electron chi connectivity index (χ3n) is 4.32. The molecule has 0 spiro atoms. The van der Waals surface area contributed by atoms with Crippen LogP contribution in [0.5, 0.6) is 17.2 Å². The number of carboxylic acids is 1. The molecule has 140 valence electrons. The summed E-state index contributed by atoms with van der Waals surface area (Å²) >= 11 is 0. The zero-order chi connectivity index (χ0) is 19.7. The van der Waals surface area contributed by atoms with Gasteiger partial charge in [-0.25, -0.2) is 4.79 Å². The first-order valence-electron chi connectivity index (χ1n) is 8.03. The molecule has 1 aromatic heterocycles. The van der Waals surface area contributed by atoms with E-state index in [1.807, 2.05) is 0 Å². The summed E-state index contributed by atoms with van der Waals surface area (Å²) in [5.41, 5.74) is 0.381. The molecule has 0 fully saturated rings. The predicted molar refractivity (Wildman–Crippen MR) is 99.3 cm³/mol. The van der Waals surface area contributed by atoms with Crippen molar-refractivity contribution >= 4 is 16.9 Å². The second-order valence-corrected chi connectivity index (χ2v) is 5.75. The molecule has 0 radical (unpaired) electrons. The smallest absolute Gasteiger partial charge is 0.339 e. The number of benzene rings is 2. The summed E-state index contributed by atoms with van der Waals surface area (Å²) in [6.45, 7) is 1.62. The molecule has 0 aliphatic heterocycles. The monoisotopic (exact) mass is 370 g/mol. The molecule has 0 saturated heterocycles. The summed E-state index contributed by atoms with van der Waals surface area (Å²) in [6.07, 6.45) is 0. The van der Waals surface area contributed by atoms with Gasteiger partial charge in [-0.15, -0.1) is 0 Å². The lowest BCUT2D eigenvalue weighted by Gasteiger charge is -2.16. The van der Waals surface area contributed by atoms with Gasteiger partial charge >= 0.3 is 5.97 Å². The van der Waals surface area contributed by atoms with Crippen molar-refractivity contribution < 1.29 is 28.5 Å². The van der Waals surface area contributed by atoms with Gasteiger partial charge in [0, 0.05) is 5.56 Å². The van der Waals surface area contributed by atoms with E-state index in [9.17, 15) is 14.7 Å². The number of para-hydroxylation sites is 1. The second kappa shape index (κ2) is 7.03. The van der Waals surface area contributed by atoms with E-state index in [0.29, 0.717) is 28.4 Å². The minimum Gasteiger partial charge on any atom is -0.493 e. The Morgan fingerprint density at radius 1 is 1.00 bits per heavy atom. The standard InChI is InChI=1S/C20H18O7/c1-10-15(21)11-6-5-7-13(20(22)23)17(11)27-16(10)12-8-9-14(24-2)19(26-4)18(12)25-3/h5-9H,1-4H3,(H,22,23). The van der Waals surface area contributed by atoms with E-state index in [1.54, 1.807) is 19.1 Å². The van der Waals surface area contributed by atoms with Crippen molar-refractivity contribution in [2.24, 2.45) is 0 Å². The molecule has 2 aromatic carbocycles. The molecule has 7 heteroatoms. The van der Waals surface area contributed by atoms with Crippen molar-refractivity contribution in [2.75, 3.05) is 21.3 Å². The first kappa shape index (κ1) is 18.3. The molecule has 1 heterocycles. The van der Waals surface area contributed by atoms with Gasteiger partial charge in [-0.1, -0.05) is 6.07 Å². The number of carbonyl (C=O) groups is 1. The van der Waals surface area contributed by atoms with E-state index in [2.05, 4.69) is 0 Å². The topological polar surface area (TPSA) is 95.2 Å². The lowest BCUT2D eigenvalue weighted by molar-refractivity contribution is 0.0698. The van der Waals surface area contributed by atoms with Gasteiger partial charge in [0.05, 0.1) is 32.3 Å². The maximum Gasteiger partial charge on any atom is 0.339 e. The van der Waals surface area contributed by atoms with Gasteiger partial charge < -0.3 is 23.7 Å². The van der Waals surface area contributed by atoms with E-state index < -0.39 is 5.97 Å². The highest BCUT2D eigenvalue weighted by molar-refractivity contribution is 6.01. The fourth-order valence-electron chi connectivity index (χ4n) is 3.01. The lowest BCUT2D eigenvalue weighted by Crippen LogP contribution is -2.10. The van der Waals surface area contributed by atoms with Gasteiger partial charge in [0.25, 0.3) is 0 Å². The van der Waals surface area contributed by atoms with Crippen LogP contribution in [-0.2, 0) is 0 Å². The average Bonchev–Trinajstić information content (AvgIpc) is 2.68. The summed E-state index contributed by atoms with van der Waals surface area (Å²) in [5, 5.41) is 9.64. The Morgan fingerprint density at radius 2 is 1.70 bits per heavy atom. The lowest BCUT2D eigenvalue weighted by atomic mass is 10.0. The Morgan fingerprint density at radius 3 is 2.30 bits per heavy atom. The van der Waals surface area contributed by atoms with Gasteiger partial charge in [0.2, 0.25) is 5.75 Å². The van der Waals surface area contributed by atoms with Crippen LogP contribution in [0.15, 0.2) is 39.5 Å². The van der Waals surface area contributed by atoms with Crippen LogP contribution >= 0.6 is 0 Å². The largest absolute Gasteiger partial charge is 0.493 e. The maximum atomic E-state index is 12.8. The first-order valence-corrected chi connectivity index (χ1v) is 8.03. The SMILES string of the molecule is COc1ccc(-c2oc3c(C(=O)O)cccc3c(=O)c2C)c(OC)c1OC. The summed E-state index contributed by atoms with van der Waals surface area (Å²) < 4.78 is 22.0. The molecule has 0 aliphatic carbocycles. The third-order valence-corrected chi connectivity index (χ3v) is 4.32. The average molecular weight is 370 g/mol. The van der Waals surface area contributed by atoms with Crippen molar-refractivity contribution in [3.8, 4) is 28.6 Å². The summed E-state index contributed by atoms with van der Waals surface area (Å²) in [7, 11) is 4.42. The van der Waals surface area contributed by atoms with Crippen molar-refractivity contribution in [1.82, 2.24) is 0 Å². The number of methoxy groups -OCH3 is 3. The molecule has 3 aromatic rings. The Bertz CT molecular complexity index is 1100. The molecule has 0 atom stereocenters. The van der Waals surface area contributed by atoms with E-state index in [0.717, 1.165) is 0 Å². The molecule has 0 unspecified atom stereocenters. The minimum atomic E-state index is -1.18. The highest BCUT2D eigenvalue weighted by Gasteiger charge is 2.23. The molecule has 27 heavy (non-hydrogen) atoms. The first-order chi connectivity index (χ1) is 12.9. The van der Waals surface area contributed by atoms with Crippen molar-refractivity contribution in [3.05, 3.63) is 51.7 Å². The van der Waals surface area contributed by atoms with Gasteiger partial charge in [-0.05, 0) is 31.2 Å². The molecule has 7 nitrogen and oxygen atoms in total. The Kier molecular flexibility index (Phi) is 4.77. The van der Waals surface area contributed by atoms with Crippen LogP contribution in [-0.4, -0.2) is 32.4 Å². The quantitative estimate of drug-likeness (QED) is 0.734. The van der Waals surface area contributed by atoms with E-state index in [-0.39, 0.29) is 27.7 Å². The molecule has 0 bridgehead atoms. The normalized spacial score (nSPS) is 10.7. The van der Waals surface area contributed by atoms with Crippen LogP contribution in [0.1, 0.15) is 15.9 Å². The number of ether oxygens (including phenoxy) is 3. The fourth-order valence-corrected chi connectivity index (χ4v) is 3.01. The predicted octanol–water partition coefficient (Wildman–Crippen LogP) is 3.49. The van der Waals surface area contributed by atoms with Gasteiger partial charge in [0.1, 0.15) is 11.3 Å². The number of hydrogen-bond donors (Lipinski definition) is 1. The highest BCUT2D eigenvalue weighted by Crippen LogP contribution is 2.45. The van der Waals surface area contributed by atoms with Crippen LogP contribution in [0.3, 0.4) is 0 Å². The van der Waals surface area contributed by atoms with Crippen LogP contribution in [0, 0.1) is 6.92 Å². The van der Waals surface area contributed by atoms with Gasteiger partial charge in [-0.2, -0.15) is 0 Å². The van der Waals surface area contributed by atoms with Crippen LogP contribution in [0.2, 0.25) is 0 Å².